The average molecular weight is 345 g/mol. The highest BCUT2D eigenvalue weighted by Crippen LogP contribution is 2.40. The molecule has 0 saturated carbocycles. The first-order chi connectivity index (χ1) is 9.74. The van der Waals surface area contributed by atoms with E-state index in [0.717, 1.165) is 25.8 Å². The number of benzene rings is 1. The number of nitrogens with zero attached hydrogens (tertiary/aromatic N) is 2. The average Bonchev–Trinajstić information content (AvgIpc) is 2.98. The standard InChI is InChI=1S/C15H9BrN2OS/c1-19-15-11-5-6-20-14(11)12(16)13(18-15)10-4-2-3-9(7-10)8-17/h2-7H,1H3. The second-order valence-electron chi connectivity index (χ2n) is 4.14. The molecule has 98 valence electrons. The number of pyridine rings is 1. The monoisotopic (exact) mass is 344 g/mol. The van der Waals surface area contributed by atoms with Crippen molar-refractivity contribution in [2.75, 3.05) is 7.11 Å². The van der Waals surface area contributed by atoms with Crippen molar-refractivity contribution in [2.24, 2.45) is 0 Å². The Balaban J connectivity index is 2.30. The van der Waals surface area contributed by atoms with Crippen LogP contribution in [0.25, 0.3) is 21.3 Å². The van der Waals surface area contributed by atoms with Gasteiger partial charge in [0.1, 0.15) is 0 Å². The minimum absolute atomic E-state index is 0.599. The van der Waals surface area contributed by atoms with Crippen LogP contribution in [0.5, 0.6) is 5.88 Å². The molecular formula is C15H9BrN2OS. The van der Waals surface area contributed by atoms with E-state index < -0.39 is 0 Å². The van der Waals surface area contributed by atoms with Crippen molar-refractivity contribution in [1.82, 2.24) is 4.98 Å². The molecule has 0 radical (unpaired) electrons. The molecule has 0 atom stereocenters. The van der Waals surface area contributed by atoms with Crippen molar-refractivity contribution in [3.8, 4) is 23.2 Å². The van der Waals surface area contributed by atoms with E-state index in [0.29, 0.717) is 11.4 Å². The zero-order valence-corrected chi connectivity index (χ0v) is 13.0. The number of rotatable bonds is 2. The molecular weight excluding hydrogens is 336 g/mol. The summed E-state index contributed by atoms with van der Waals surface area (Å²) in [5.41, 5.74) is 2.29. The van der Waals surface area contributed by atoms with Crippen molar-refractivity contribution in [2.45, 2.75) is 0 Å². The lowest BCUT2D eigenvalue weighted by Crippen LogP contribution is -1.93. The molecule has 0 spiro atoms. The van der Waals surface area contributed by atoms with E-state index in [1.807, 2.05) is 29.6 Å². The van der Waals surface area contributed by atoms with Crippen LogP contribution in [0.1, 0.15) is 5.56 Å². The Morgan fingerprint density at radius 3 is 2.95 bits per heavy atom. The smallest absolute Gasteiger partial charge is 0.222 e. The first kappa shape index (κ1) is 13.1. The summed E-state index contributed by atoms with van der Waals surface area (Å²) in [6.45, 7) is 0. The number of ether oxygens (including phenoxy) is 1. The number of halogens is 1. The Morgan fingerprint density at radius 2 is 2.20 bits per heavy atom. The summed E-state index contributed by atoms with van der Waals surface area (Å²) in [4.78, 5) is 4.56. The molecule has 3 aromatic rings. The van der Waals surface area contributed by atoms with Crippen LogP contribution in [-0.2, 0) is 0 Å². The van der Waals surface area contributed by atoms with E-state index >= 15 is 0 Å². The van der Waals surface area contributed by atoms with Crippen LogP contribution < -0.4 is 4.74 Å². The van der Waals surface area contributed by atoms with Gasteiger partial charge in [0.15, 0.2) is 0 Å². The Labute approximate surface area is 128 Å². The van der Waals surface area contributed by atoms with Gasteiger partial charge in [0.05, 0.1) is 39.0 Å². The van der Waals surface area contributed by atoms with E-state index in [-0.39, 0.29) is 0 Å². The molecule has 20 heavy (non-hydrogen) atoms. The van der Waals surface area contributed by atoms with Crippen LogP contribution in [0.3, 0.4) is 0 Å². The third-order valence-electron chi connectivity index (χ3n) is 2.97. The molecule has 2 aromatic heterocycles. The van der Waals surface area contributed by atoms with Crippen molar-refractivity contribution in [1.29, 1.82) is 5.26 Å². The van der Waals surface area contributed by atoms with Gasteiger partial charge in [0.25, 0.3) is 0 Å². The number of methoxy groups -OCH3 is 1. The molecule has 0 aliphatic heterocycles. The van der Waals surface area contributed by atoms with Gasteiger partial charge in [-0.05, 0) is 39.5 Å². The minimum Gasteiger partial charge on any atom is -0.481 e. The lowest BCUT2D eigenvalue weighted by molar-refractivity contribution is 0.404. The molecule has 0 bridgehead atoms. The first-order valence-electron chi connectivity index (χ1n) is 5.86. The maximum Gasteiger partial charge on any atom is 0.222 e. The van der Waals surface area contributed by atoms with Crippen LogP contribution in [0, 0.1) is 11.3 Å². The molecule has 0 aliphatic carbocycles. The predicted molar refractivity (Wildman–Crippen MR) is 84.0 cm³/mol. The van der Waals surface area contributed by atoms with Crippen molar-refractivity contribution < 1.29 is 4.74 Å². The summed E-state index contributed by atoms with van der Waals surface area (Å²) in [5, 5.41) is 12.0. The molecule has 0 amide bonds. The highest BCUT2D eigenvalue weighted by molar-refractivity contribution is 9.10. The second-order valence-corrected chi connectivity index (χ2v) is 5.85. The minimum atomic E-state index is 0.599. The zero-order chi connectivity index (χ0) is 14.1. The molecule has 0 aliphatic rings. The predicted octanol–water partition coefficient (Wildman–Crippen LogP) is 4.61. The fraction of sp³-hybridized carbons (Fsp3) is 0.0667. The van der Waals surface area contributed by atoms with E-state index in [9.17, 15) is 0 Å². The second kappa shape index (κ2) is 5.23. The Hall–Kier alpha value is -1.90. The maximum absolute atomic E-state index is 9.01. The number of thiophene rings is 1. The molecule has 1 aromatic carbocycles. The van der Waals surface area contributed by atoms with Gasteiger partial charge in [-0.15, -0.1) is 11.3 Å². The topological polar surface area (TPSA) is 45.9 Å². The third-order valence-corrected chi connectivity index (χ3v) is 4.94. The van der Waals surface area contributed by atoms with Gasteiger partial charge in [-0.3, -0.25) is 0 Å². The lowest BCUT2D eigenvalue weighted by Gasteiger charge is -2.09. The fourth-order valence-electron chi connectivity index (χ4n) is 2.05. The summed E-state index contributed by atoms with van der Waals surface area (Å²) in [5.74, 6) is 0.599. The highest BCUT2D eigenvalue weighted by Gasteiger charge is 2.15. The normalized spacial score (nSPS) is 10.4. The lowest BCUT2D eigenvalue weighted by atomic mass is 10.1. The summed E-state index contributed by atoms with van der Waals surface area (Å²) < 4.78 is 7.39. The largest absolute Gasteiger partial charge is 0.481 e. The summed E-state index contributed by atoms with van der Waals surface area (Å²) in [7, 11) is 1.61. The first-order valence-corrected chi connectivity index (χ1v) is 7.53. The molecule has 3 rings (SSSR count). The van der Waals surface area contributed by atoms with E-state index in [1.54, 1.807) is 24.5 Å². The van der Waals surface area contributed by atoms with Crippen LogP contribution in [0.15, 0.2) is 40.2 Å². The van der Waals surface area contributed by atoms with Gasteiger partial charge in [-0.25, -0.2) is 4.98 Å². The van der Waals surface area contributed by atoms with Gasteiger partial charge >= 0.3 is 0 Å². The highest BCUT2D eigenvalue weighted by atomic mass is 79.9. The summed E-state index contributed by atoms with van der Waals surface area (Å²) >= 11 is 5.25. The quantitative estimate of drug-likeness (QED) is 0.682. The van der Waals surface area contributed by atoms with Crippen LogP contribution in [-0.4, -0.2) is 12.1 Å². The van der Waals surface area contributed by atoms with Gasteiger partial charge in [0, 0.05) is 5.56 Å². The van der Waals surface area contributed by atoms with Crippen LogP contribution >= 0.6 is 27.3 Å². The van der Waals surface area contributed by atoms with Crippen molar-refractivity contribution >= 4 is 37.4 Å². The molecule has 2 heterocycles. The Morgan fingerprint density at radius 1 is 1.35 bits per heavy atom. The molecule has 3 nitrogen and oxygen atoms in total. The molecule has 0 saturated heterocycles. The third kappa shape index (κ3) is 2.07. The Bertz CT molecular complexity index is 835. The molecule has 5 heteroatoms. The Kier molecular flexibility index (Phi) is 3.43. The van der Waals surface area contributed by atoms with Crippen LogP contribution in [0.2, 0.25) is 0 Å². The number of nitriles is 1. The van der Waals surface area contributed by atoms with Gasteiger partial charge in [-0.2, -0.15) is 5.26 Å². The molecule has 0 fully saturated rings. The van der Waals surface area contributed by atoms with E-state index in [2.05, 4.69) is 27.0 Å². The number of aromatic nitrogens is 1. The van der Waals surface area contributed by atoms with Gasteiger partial charge < -0.3 is 4.74 Å². The number of fused-ring (bicyclic) bond motifs is 1. The van der Waals surface area contributed by atoms with Crippen LogP contribution in [0.4, 0.5) is 0 Å². The van der Waals surface area contributed by atoms with E-state index in [1.165, 1.54) is 0 Å². The van der Waals surface area contributed by atoms with E-state index in [4.69, 9.17) is 10.00 Å². The summed E-state index contributed by atoms with van der Waals surface area (Å²) in [6.07, 6.45) is 0. The number of hydrogen-bond donors (Lipinski definition) is 0. The molecule has 0 unspecified atom stereocenters. The molecule has 0 N–H and O–H groups in total. The zero-order valence-electron chi connectivity index (χ0n) is 10.6. The number of hydrogen-bond acceptors (Lipinski definition) is 4. The maximum atomic E-state index is 9.01. The summed E-state index contributed by atoms with van der Waals surface area (Å²) in [6, 6.07) is 11.5. The SMILES string of the molecule is COc1nc(-c2cccc(C#N)c2)c(Br)c2sccc12. The van der Waals surface area contributed by atoms with Crippen molar-refractivity contribution in [3.05, 3.63) is 45.7 Å². The van der Waals surface area contributed by atoms with Gasteiger partial charge in [-0.1, -0.05) is 12.1 Å². The fourth-order valence-corrected chi connectivity index (χ4v) is 3.68. The van der Waals surface area contributed by atoms with Crippen molar-refractivity contribution in [3.63, 3.8) is 0 Å². The van der Waals surface area contributed by atoms with Gasteiger partial charge in [0.2, 0.25) is 5.88 Å².